The highest BCUT2D eigenvalue weighted by molar-refractivity contribution is 8.01. The Labute approximate surface area is 130 Å². The molecule has 3 N–H and O–H groups in total. The second-order valence-corrected chi connectivity index (χ2v) is 7.32. The quantitative estimate of drug-likeness (QED) is 0.605. The van der Waals surface area contributed by atoms with E-state index < -0.39 is 0 Å². The molecular formula is C13H15N3OS3. The van der Waals surface area contributed by atoms with E-state index in [-0.39, 0.29) is 5.91 Å². The normalized spacial score (nSPS) is 10.4. The standard InChI is InChI=1S/C13H15N3OS3/c14-13-16-8-12(20-13)19-9-11(17)15-6-7-18-10-4-2-1-3-5-10/h1-5,8H,6-7,9H2,(H2,14,16)(H,15,17). The Morgan fingerprint density at radius 2 is 2.10 bits per heavy atom. The van der Waals surface area contributed by atoms with Crippen LogP contribution in [0.3, 0.4) is 0 Å². The number of carbonyl (C=O) groups is 1. The molecule has 0 aliphatic carbocycles. The maximum absolute atomic E-state index is 11.6. The molecular weight excluding hydrogens is 310 g/mol. The van der Waals surface area contributed by atoms with Gasteiger partial charge in [0, 0.05) is 17.2 Å². The van der Waals surface area contributed by atoms with Crippen molar-refractivity contribution in [2.75, 3.05) is 23.8 Å². The fourth-order valence-electron chi connectivity index (χ4n) is 1.40. The molecule has 0 bridgehead atoms. The molecule has 0 radical (unpaired) electrons. The van der Waals surface area contributed by atoms with Crippen LogP contribution in [0, 0.1) is 0 Å². The molecule has 0 saturated heterocycles. The van der Waals surface area contributed by atoms with Crippen LogP contribution in [0.5, 0.6) is 0 Å². The molecule has 1 aromatic heterocycles. The average Bonchev–Trinajstić information content (AvgIpc) is 2.88. The molecule has 0 spiro atoms. The Balaban J connectivity index is 1.58. The van der Waals surface area contributed by atoms with Crippen molar-refractivity contribution in [3.8, 4) is 0 Å². The minimum absolute atomic E-state index is 0.0376. The molecule has 4 nitrogen and oxygen atoms in total. The highest BCUT2D eigenvalue weighted by Crippen LogP contribution is 2.25. The lowest BCUT2D eigenvalue weighted by Crippen LogP contribution is -2.27. The Morgan fingerprint density at radius 3 is 2.80 bits per heavy atom. The van der Waals surface area contributed by atoms with Gasteiger partial charge < -0.3 is 11.1 Å². The summed E-state index contributed by atoms with van der Waals surface area (Å²) in [5.41, 5.74) is 5.53. The Morgan fingerprint density at radius 1 is 1.30 bits per heavy atom. The SMILES string of the molecule is Nc1ncc(SCC(=O)NCCSc2ccccc2)s1. The zero-order valence-corrected chi connectivity index (χ0v) is 13.2. The van der Waals surface area contributed by atoms with Gasteiger partial charge in [0.25, 0.3) is 0 Å². The first-order valence-corrected chi connectivity index (χ1v) is 8.81. The van der Waals surface area contributed by atoms with Gasteiger partial charge in [-0.2, -0.15) is 0 Å². The maximum Gasteiger partial charge on any atom is 0.230 e. The number of nitrogen functional groups attached to an aromatic ring is 1. The number of benzene rings is 1. The molecule has 0 fully saturated rings. The third-order valence-electron chi connectivity index (χ3n) is 2.28. The molecule has 1 heterocycles. The van der Waals surface area contributed by atoms with E-state index >= 15 is 0 Å². The number of nitrogens with two attached hydrogens (primary N) is 1. The fourth-order valence-corrected chi connectivity index (χ4v) is 3.78. The maximum atomic E-state index is 11.6. The summed E-state index contributed by atoms with van der Waals surface area (Å²) in [5, 5.41) is 3.44. The van der Waals surface area contributed by atoms with E-state index in [1.807, 2.05) is 18.2 Å². The van der Waals surface area contributed by atoms with E-state index in [1.54, 1.807) is 18.0 Å². The van der Waals surface area contributed by atoms with Crippen LogP contribution in [-0.4, -0.2) is 28.9 Å². The second-order valence-electron chi connectivity index (χ2n) is 3.82. The molecule has 2 aromatic rings. The van der Waals surface area contributed by atoms with Crippen LogP contribution in [-0.2, 0) is 4.79 Å². The molecule has 2 rings (SSSR count). The molecule has 0 aliphatic heterocycles. The predicted molar refractivity (Wildman–Crippen MR) is 87.4 cm³/mol. The summed E-state index contributed by atoms with van der Waals surface area (Å²) in [6.45, 7) is 0.670. The fraction of sp³-hybridized carbons (Fsp3) is 0.231. The minimum atomic E-state index is 0.0376. The Bertz CT molecular complexity index is 545. The Hall–Kier alpha value is -1.18. The first-order chi connectivity index (χ1) is 9.74. The highest BCUT2D eigenvalue weighted by atomic mass is 32.2. The van der Waals surface area contributed by atoms with Gasteiger partial charge in [-0.05, 0) is 12.1 Å². The van der Waals surface area contributed by atoms with Crippen LogP contribution in [0.15, 0.2) is 45.6 Å². The van der Waals surface area contributed by atoms with Crippen molar-refractivity contribution in [3.05, 3.63) is 36.5 Å². The second kappa shape index (κ2) is 8.18. The number of anilines is 1. The van der Waals surface area contributed by atoms with Crippen molar-refractivity contribution in [1.29, 1.82) is 0 Å². The lowest BCUT2D eigenvalue weighted by molar-refractivity contribution is -0.118. The van der Waals surface area contributed by atoms with Crippen molar-refractivity contribution in [2.45, 2.75) is 9.10 Å². The van der Waals surface area contributed by atoms with Gasteiger partial charge >= 0.3 is 0 Å². The average molecular weight is 325 g/mol. The third kappa shape index (κ3) is 5.44. The lowest BCUT2D eigenvalue weighted by Gasteiger charge is -2.04. The van der Waals surface area contributed by atoms with E-state index in [0.717, 1.165) is 9.96 Å². The van der Waals surface area contributed by atoms with Crippen LogP contribution in [0.25, 0.3) is 0 Å². The number of aromatic nitrogens is 1. The van der Waals surface area contributed by atoms with Crippen LogP contribution >= 0.6 is 34.9 Å². The van der Waals surface area contributed by atoms with Crippen LogP contribution in [0.4, 0.5) is 5.13 Å². The summed E-state index contributed by atoms with van der Waals surface area (Å²) in [6.07, 6.45) is 1.70. The van der Waals surface area contributed by atoms with Crippen molar-refractivity contribution in [3.63, 3.8) is 0 Å². The molecule has 7 heteroatoms. The monoisotopic (exact) mass is 325 g/mol. The van der Waals surface area contributed by atoms with Gasteiger partial charge in [0.15, 0.2) is 5.13 Å². The molecule has 0 aliphatic rings. The van der Waals surface area contributed by atoms with Gasteiger partial charge in [0.05, 0.1) is 16.2 Å². The molecule has 0 unspecified atom stereocenters. The summed E-state index contributed by atoms with van der Waals surface area (Å²) in [7, 11) is 0. The number of nitrogens with one attached hydrogen (secondary N) is 1. The number of rotatable bonds is 7. The number of nitrogens with zero attached hydrogens (tertiary/aromatic N) is 1. The number of thiazole rings is 1. The zero-order valence-electron chi connectivity index (χ0n) is 10.7. The number of hydrogen-bond donors (Lipinski definition) is 2. The smallest absolute Gasteiger partial charge is 0.230 e. The molecule has 0 saturated carbocycles. The number of hydrogen-bond acceptors (Lipinski definition) is 6. The highest BCUT2D eigenvalue weighted by Gasteiger charge is 2.04. The van der Waals surface area contributed by atoms with Gasteiger partial charge in [-0.15, -0.1) is 23.5 Å². The molecule has 106 valence electrons. The van der Waals surface area contributed by atoms with Crippen molar-refractivity contribution in [1.82, 2.24) is 10.3 Å². The summed E-state index contributed by atoms with van der Waals surface area (Å²) in [5.74, 6) is 1.31. The topological polar surface area (TPSA) is 68.0 Å². The van der Waals surface area contributed by atoms with E-state index in [1.165, 1.54) is 28.0 Å². The first kappa shape index (κ1) is 15.2. The molecule has 0 atom stereocenters. The number of carbonyl (C=O) groups excluding carboxylic acids is 1. The zero-order chi connectivity index (χ0) is 14.2. The predicted octanol–water partition coefficient (Wildman–Crippen LogP) is 2.73. The minimum Gasteiger partial charge on any atom is -0.375 e. The van der Waals surface area contributed by atoms with Crippen LogP contribution in [0.1, 0.15) is 0 Å². The van der Waals surface area contributed by atoms with Gasteiger partial charge in [-0.25, -0.2) is 4.98 Å². The summed E-state index contributed by atoms with van der Waals surface area (Å²) < 4.78 is 0.969. The first-order valence-electron chi connectivity index (χ1n) is 6.02. The van der Waals surface area contributed by atoms with Gasteiger partial charge in [0.1, 0.15) is 0 Å². The summed E-state index contributed by atoms with van der Waals surface area (Å²) in [6, 6.07) is 10.2. The molecule has 1 amide bonds. The lowest BCUT2D eigenvalue weighted by atomic mass is 10.4. The number of thioether (sulfide) groups is 2. The third-order valence-corrected chi connectivity index (χ3v) is 5.32. The largest absolute Gasteiger partial charge is 0.375 e. The van der Waals surface area contributed by atoms with Crippen LogP contribution < -0.4 is 11.1 Å². The van der Waals surface area contributed by atoms with Crippen molar-refractivity contribution < 1.29 is 4.79 Å². The van der Waals surface area contributed by atoms with Gasteiger partial charge in [0.2, 0.25) is 5.91 Å². The number of amides is 1. The molecule has 1 aromatic carbocycles. The van der Waals surface area contributed by atoms with E-state index in [9.17, 15) is 4.79 Å². The summed E-state index contributed by atoms with van der Waals surface area (Å²) in [4.78, 5) is 16.8. The van der Waals surface area contributed by atoms with Gasteiger partial charge in [-0.1, -0.05) is 29.5 Å². The van der Waals surface area contributed by atoms with Crippen molar-refractivity contribution in [2.24, 2.45) is 0 Å². The van der Waals surface area contributed by atoms with Gasteiger partial charge in [-0.3, -0.25) is 4.79 Å². The summed E-state index contributed by atoms with van der Waals surface area (Å²) >= 11 is 4.60. The van der Waals surface area contributed by atoms with Crippen molar-refractivity contribution >= 4 is 45.9 Å². The van der Waals surface area contributed by atoms with E-state index in [2.05, 4.69) is 22.4 Å². The van der Waals surface area contributed by atoms with E-state index in [0.29, 0.717) is 17.4 Å². The van der Waals surface area contributed by atoms with E-state index in [4.69, 9.17) is 5.73 Å². The molecule has 20 heavy (non-hydrogen) atoms. The van der Waals surface area contributed by atoms with Crippen LogP contribution in [0.2, 0.25) is 0 Å². The Kier molecular flexibility index (Phi) is 6.23.